The fourth-order valence-electron chi connectivity index (χ4n) is 5.36. The Balaban J connectivity index is 1.46. The summed E-state index contributed by atoms with van der Waals surface area (Å²) in [5.41, 5.74) is 7.02. The predicted molar refractivity (Wildman–Crippen MR) is 164 cm³/mol. The summed E-state index contributed by atoms with van der Waals surface area (Å²) in [5.74, 6) is 1.91. The van der Waals surface area contributed by atoms with Crippen molar-refractivity contribution in [1.29, 1.82) is 0 Å². The molecular weight excluding hydrogens is 518 g/mol. The zero-order valence-electron chi connectivity index (χ0n) is 23.4. The molecule has 2 amide bonds. The minimum atomic E-state index is -0.721. The number of H-pyrrole nitrogens is 1. The van der Waals surface area contributed by atoms with Gasteiger partial charge >= 0.3 is 0 Å². The number of carbonyl (C=O) groups is 2. The van der Waals surface area contributed by atoms with E-state index in [1.54, 1.807) is 24.1 Å². The van der Waals surface area contributed by atoms with Crippen LogP contribution in [0.25, 0.3) is 10.9 Å². The number of phenolic OH excluding ortho intramolecular Hbond substituents is 1. The van der Waals surface area contributed by atoms with E-state index in [1.165, 1.54) is 11.1 Å². The summed E-state index contributed by atoms with van der Waals surface area (Å²) in [5, 5.41) is 14.0. The number of anilines is 1. The van der Waals surface area contributed by atoms with Crippen molar-refractivity contribution in [2.45, 2.75) is 57.2 Å². The first kappa shape index (κ1) is 27.8. The Kier molecular flexibility index (Phi) is 8.50. The highest BCUT2D eigenvalue weighted by Crippen LogP contribution is 2.30. The molecule has 6 nitrogen and oxygen atoms in total. The largest absolute Gasteiger partial charge is 0.508 e. The van der Waals surface area contributed by atoms with Gasteiger partial charge < -0.3 is 20.3 Å². The molecule has 1 aliphatic heterocycles. The maximum atomic E-state index is 13.9. The maximum Gasteiger partial charge on any atom is 0.249 e. The highest BCUT2D eigenvalue weighted by molar-refractivity contribution is 7.98. The average Bonchev–Trinajstić information content (AvgIpc) is 3.29. The fourth-order valence-corrected chi connectivity index (χ4v) is 6.33. The average molecular weight is 556 g/mol. The van der Waals surface area contributed by atoms with Gasteiger partial charge in [-0.3, -0.25) is 9.59 Å². The maximum absolute atomic E-state index is 13.9. The number of likely N-dealkylation sites (N-methyl/N-ethyl adjacent to an activating group) is 1. The Morgan fingerprint density at radius 3 is 2.65 bits per heavy atom. The molecule has 40 heavy (non-hydrogen) atoms. The van der Waals surface area contributed by atoms with Crippen LogP contribution in [0, 0.1) is 0 Å². The molecule has 1 aliphatic rings. The quantitative estimate of drug-likeness (QED) is 0.284. The van der Waals surface area contributed by atoms with Crippen LogP contribution in [0.4, 0.5) is 5.69 Å². The van der Waals surface area contributed by atoms with Gasteiger partial charge in [-0.25, -0.2) is 0 Å². The number of aromatic hydroxyl groups is 1. The standard InChI is InChI=1S/C33H37N3O3S/c1-4-21(2)24-8-10-25(11-9-24)36(3)33(39)30-17-23-7-5-6-22(16-23)14-15-40-20-31-28(19-32(38)35-30)27-18-26(37)12-13-29(27)34-31/h5-13,16,18,21,30,34,37H,4,14-15,17,19-20H2,1-3H3,(H,35,38). The van der Waals surface area contributed by atoms with Crippen LogP contribution in [0.5, 0.6) is 5.75 Å². The van der Waals surface area contributed by atoms with Crippen molar-refractivity contribution >= 4 is 40.2 Å². The Bertz CT molecular complexity index is 1510. The third-order valence-electron chi connectivity index (χ3n) is 7.95. The van der Waals surface area contributed by atoms with E-state index in [9.17, 15) is 14.7 Å². The summed E-state index contributed by atoms with van der Waals surface area (Å²) in [6.45, 7) is 4.36. The van der Waals surface area contributed by atoms with Crippen molar-refractivity contribution in [2.24, 2.45) is 0 Å². The minimum absolute atomic E-state index is 0.122. The number of hydrogen-bond donors (Lipinski definition) is 3. The number of carbonyl (C=O) groups excluding carboxylic acids is 2. The molecular formula is C33H37N3O3S. The first-order valence-electron chi connectivity index (χ1n) is 14.0. The van der Waals surface area contributed by atoms with Gasteiger partial charge in [-0.05, 0) is 77.1 Å². The van der Waals surface area contributed by atoms with Crippen molar-refractivity contribution in [3.63, 3.8) is 0 Å². The lowest BCUT2D eigenvalue weighted by molar-refractivity contribution is -0.127. The molecule has 0 spiro atoms. The zero-order valence-corrected chi connectivity index (χ0v) is 24.2. The molecule has 7 heteroatoms. The summed E-state index contributed by atoms with van der Waals surface area (Å²) >= 11 is 1.82. The highest BCUT2D eigenvalue weighted by Gasteiger charge is 2.27. The van der Waals surface area contributed by atoms with Gasteiger partial charge in [0.05, 0.1) is 6.42 Å². The molecule has 3 N–H and O–H groups in total. The minimum Gasteiger partial charge on any atom is -0.508 e. The van der Waals surface area contributed by atoms with E-state index in [2.05, 4.69) is 48.4 Å². The van der Waals surface area contributed by atoms with Gasteiger partial charge in [0.2, 0.25) is 11.8 Å². The number of phenols is 1. The van der Waals surface area contributed by atoms with E-state index in [-0.39, 0.29) is 24.0 Å². The Morgan fingerprint density at radius 1 is 1.10 bits per heavy atom. The van der Waals surface area contributed by atoms with Crippen molar-refractivity contribution in [3.05, 3.63) is 94.7 Å². The van der Waals surface area contributed by atoms with E-state index in [0.717, 1.165) is 57.8 Å². The highest BCUT2D eigenvalue weighted by atomic mass is 32.2. The molecule has 4 aromatic rings. The van der Waals surface area contributed by atoms with Crippen LogP contribution in [0.3, 0.4) is 0 Å². The summed E-state index contributed by atoms with van der Waals surface area (Å²) in [7, 11) is 1.77. The molecule has 0 radical (unpaired) electrons. The van der Waals surface area contributed by atoms with Crippen LogP contribution >= 0.6 is 11.8 Å². The number of aromatic amines is 1. The van der Waals surface area contributed by atoms with E-state index < -0.39 is 6.04 Å². The van der Waals surface area contributed by atoms with Crippen LogP contribution in [0.1, 0.15) is 54.1 Å². The van der Waals surface area contributed by atoms with Gasteiger partial charge in [0.25, 0.3) is 0 Å². The molecule has 0 aliphatic carbocycles. The number of hydrogen-bond acceptors (Lipinski definition) is 4. The van der Waals surface area contributed by atoms with Crippen molar-refractivity contribution < 1.29 is 14.7 Å². The van der Waals surface area contributed by atoms with Crippen LogP contribution in [0.2, 0.25) is 0 Å². The van der Waals surface area contributed by atoms with Crippen molar-refractivity contribution in [1.82, 2.24) is 10.3 Å². The fraction of sp³-hybridized carbons (Fsp3) is 0.333. The Hall–Kier alpha value is -3.71. The topological polar surface area (TPSA) is 85.4 Å². The van der Waals surface area contributed by atoms with E-state index in [4.69, 9.17) is 0 Å². The lowest BCUT2D eigenvalue weighted by Crippen LogP contribution is -2.49. The molecule has 0 fully saturated rings. The second-order valence-electron chi connectivity index (χ2n) is 10.7. The number of rotatable bonds is 4. The summed E-state index contributed by atoms with van der Waals surface area (Å²) < 4.78 is 0. The van der Waals surface area contributed by atoms with E-state index >= 15 is 0 Å². The molecule has 5 rings (SSSR count). The monoisotopic (exact) mass is 555 g/mol. The van der Waals surface area contributed by atoms with Gasteiger partial charge in [0, 0.05) is 41.5 Å². The molecule has 2 atom stereocenters. The summed E-state index contributed by atoms with van der Waals surface area (Å²) in [4.78, 5) is 32.5. The number of benzene rings is 3. The zero-order chi connectivity index (χ0) is 28.2. The van der Waals surface area contributed by atoms with Gasteiger partial charge in [0.15, 0.2) is 0 Å². The van der Waals surface area contributed by atoms with Crippen molar-refractivity contribution in [3.8, 4) is 5.75 Å². The molecule has 2 unspecified atom stereocenters. The van der Waals surface area contributed by atoms with Crippen molar-refractivity contribution in [2.75, 3.05) is 17.7 Å². The van der Waals surface area contributed by atoms with Crippen LogP contribution in [0.15, 0.2) is 66.7 Å². The summed E-state index contributed by atoms with van der Waals surface area (Å²) in [6.07, 6.45) is 2.50. The lowest BCUT2D eigenvalue weighted by Gasteiger charge is -2.26. The molecule has 3 aromatic carbocycles. The molecule has 0 saturated carbocycles. The molecule has 2 bridgehead atoms. The third-order valence-corrected chi connectivity index (χ3v) is 8.94. The number of fused-ring (bicyclic) bond motifs is 5. The second kappa shape index (κ2) is 12.2. The molecule has 2 heterocycles. The van der Waals surface area contributed by atoms with E-state index in [0.29, 0.717) is 12.3 Å². The molecule has 208 valence electrons. The van der Waals surface area contributed by atoms with Gasteiger partial charge in [0.1, 0.15) is 11.8 Å². The van der Waals surface area contributed by atoms with E-state index in [1.807, 2.05) is 42.1 Å². The third kappa shape index (κ3) is 6.20. The molecule has 1 aromatic heterocycles. The number of aryl methyl sites for hydroxylation is 1. The predicted octanol–water partition coefficient (Wildman–Crippen LogP) is 6.11. The second-order valence-corrected chi connectivity index (χ2v) is 11.8. The molecule has 0 saturated heterocycles. The summed E-state index contributed by atoms with van der Waals surface area (Å²) in [6, 6.07) is 20.9. The van der Waals surface area contributed by atoms with Gasteiger partial charge in [-0.2, -0.15) is 11.8 Å². The SMILES string of the molecule is CCC(C)c1ccc(N(C)C(=O)C2Cc3cccc(c3)CCSCc3[nH]c4ccc(O)cc4c3CC(=O)N2)cc1. The van der Waals surface area contributed by atoms with Gasteiger partial charge in [-0.1, -0.05) is 50.2 Å². The van der Waals surface area contributed by atoms with Crippen LogP contribution in [-0.2, 0) is 34.6 Å². The number of amides is 2. The Labute approximate surface area is 240 Å². The smallest absolute Gasteiger partial charge is 0.249 e. The number of nitrogens with zero attached hydrogens (tertiary/aromatic N) is 1. The lowest BCUT2D eigenvalue weighted by atomic mass is 9.98. The number of thioether (sulfide) groups is 1. The number of aromatic nitrogens is 1. The normalized spacial score (nSPS) is 17.0. The van der Waals surface area contributed by atoms with Gasteiger partial charge in [-0.15, -0.1) is 0 Å². The number of nitrogens with one attached hydrogen (secondary N) is 2. The Morgan fingerprint density at radius 2 is 1.88 bits per heavy atom. The first-order chi connectivity index (χ1) is 19.3. The van der Waals surface area contributed by atoms with Crippen LogP contribution < -0.4 is 10.2 Å². The first-order valence-corrected chi connectivity index (χ1v) is 15.1. The van der Waals surface area contributed by atoms with Crippen LogP contribution in [-0.4, -0.2) is 40.7 Å².